The highest BCUT2D eigenvalue weighted by molar-refractivity contribution is 8.15. The zero-order chi connectivity index (χ0) is 9.90. The molecule has 1 atom stereocenters. The van der Waals surface area contributed by atoms with Crippen molar-refractivity contribution in [2.75, 3.05) is 0 Å². The molecule has 0 saturated carbocycles. The molecular weight excluding hydrogens is 184 g/mol. The van der Waals surface area contributed by atoms with Crippen molar-refractivity contribution < 1.29 is 9.90 Å². The second-order valence-electron chi connectivity index (χ2n) is 3.25. The van der Waals surface area contributed by atoms with E-state index in [2.05, 4.69) is 6.92 Å². The number of aliphatic hydroxyl groups is 1. The van der Waals surface area contributed by atoms with Crippen molar-refractivity contribution in [1.29, 1.82) is 0 Å². The van der Waals surface area contributed by atoms with Crippen LogP contribution in [0.2, 0.25) is 0 Å². The van der Waals surface area contributed by atoms with E-state index >= 15 is 0 Å². The predicted octanol–water partition coefficient (Wildman–Crippen LogP) is 2.82. The van der Waals surface area contributed by atoms with E-state index in [0.29, 0.717) is 0 Å². The molecule has 0 fully saturated rings. The van der Waals surface area contributed by atoms with Crippen LogP contribution in [0.1, 0.15) is 26.7 Å². The van der Waals surface area contributed by atoms with Crippen LogP contribution in [-0.4, -0.2) is 15.0 Å². The smallest absolute Gasteiger partial charge is 0.216 e. The third kappa shape index (κ3) is 2.37. The lowest BCUT2D eigenvalue weighted by Crippen LogP contribution is -2.16. The van der Waals surface area contributed by atoms with E-state index in [0.717, 1.165) is 24.6 Å². The Morgan fingerprint density at radius 2 is 2.38 bits per heavy atom. The Bertz CT molecular complexity index is 268. The summed E-state index contributed by atoms with van der Waals surface area (Å²) in [6, 6.07) is 0. The van der Waals surface area contributed by atoms with Crippen molar-refractivity contribution >= 4 is 16.9 Å². The highest BCUT2D eigenvalue weighted by Gasteiger charge is 2.35. The summed E-state index contributed by atoms with van der Waals surface area (Å²) in [6.45, 7) is 3.94. The molecule has 2 nitrogen and oxygen atoms in total. The third-order valence-electron chi connectivity index (χ3n) is 1.97. The monoisotopic (exact) mass is 198 g/mol. The van der Waals surface area contributed by atoms with E-state index in [1.165, 1.54) is 6.08 Å². The summed E-state index contributed by atoms with van der Waals surface area (Å²) < 4.78 is -0.522. The van der Waals surface area contributed by atoms with Gasteiger partial charge in [-0.15, -0.1) is 0 Å². The van der Waals surface area contributed by atoms with E-state index in [4.69, 9.17) is 0 Å². The fourth-order valence-electron chi connectivity index (χ4n) is 1.14. The molecule has 0 amide bonds. The molecule has 1 aliphatic rings. The number of hydrogen-bond donors (Lipinski definition) is 1. The Morgan fingerprint density at radius 1 is 1.69 bits per heavy atom. The van der Waals surface area contributed by atoms with Crippen molar-refractivity contribution in [2.24, 2.45) is 0 Å². The van der Waals surface area contributed by atoms with Crippen LogP contribution >= 0.6 is 11.8 Å². The molecule has 0 aromatic carbocycles. The summed E-state index contributed by atoms with van der Waals surface area (Å²) in [6.07, 6.45) is 7.27. The number of aliphatic hydroxyl groups excluding tert-OH is 1. The van der Waals surface area contributed by atoms with Crippen molar-refractivity contribution in [3.05, 3.63) is 24.0 Å². The van der Waals surface area contributed by atoms with Gasteiger partial charge in [0, 0.05) is 6.08 Å². The van der Waals surface area contributed by atoms with Gasteiger partial charge in [0.05, 0.1) is 4.75 Å². The Morgan fingerprint density at radius 3 is 2.85 bits per heavy atom. The normalized spacial score (nSPS) is 28.5. The van der Waals surface area contributed by atoms with Gasteiger partial charge < -0.3 is 5.11 Å². The number of hydrogen-bond acceptors (Lipinski definition) is 3. The summed E-state index contributed by atoms with van der Waals surface area (Å²) >= 11 is 1.16. The topological polar surface area (TPSA) is 37.3 Å². The highest BCUT2D eigenvalue weighted by atomic mass is 32.2. The molecule has 0 radical (unpaired) electrons. The van der Waals surface area contributed by atoms with Gasteiger partial charge in [0.1, 0.15) is 5.76 Å². The number of carbonyl (C=O) groups excluding carboxylic acids is 1. The van der Waals surface area contributed by atoms with Crippen molar-refractivity contribution in [1.82, 2.24) is 0 Å². The van der Waals surface area contributed by atoms with Crippen molar-refractivity contribution in [3.8, 4) is 0 Å². The number of carbonyl (C=O) groups is 1. The SMILES string of the molecule is CCCC=C[C@]1(C)SC(=O)C=C1O. The lowest BCUT2D eigenvalue weighted by Gasteiger charge is -2.17. The summed E-state index contributed by atoms with van der Waals surface area (Å²) in [5.41, 5.74) is 0. The molecule has 0 aromatic rings. The van der Waals surface area contributed by atoms with Crippen LogP contribution in [0.5, 0.6) is 0 Å². The average Bonchev–Trinajstić information content (AvgIpc) is 2.27. The van der Waals surface area contributed by atoms with Gasteiger partial charge in [-0.05, 0) is 13.3 Å². The van der Waals surface area contributed by atoms with Crippen LogP contribution in [0.15, 0.2) is 24.0 Å². The standard InChI is InChI=1S/C10H14O2S/c1-3-4-5-6-10(2)8(11)7-9(12)13-10/h5-7,11H,3-4H2,1-2H3/t10-/m0/s1. The van der Waals surface area contributed by atoms with Crippen LogP contribution in [0.3, 0.4) is 0 Å². The van der Waals surface area contributed by atoms with E-state index < -0.39 is 4.75 Å². The van der Waals surface area contributed by atoms with Crippen LogP contribution in [0, 0.1) is 0 Å². The maximum Gasteiger partial charge on any atom is 0.216 e. The summed E-state index contributed by atoms with van der Waals surface area (Å²) in [7, 11) is 0. The molecule has 1 N–H and O–H groups in total. The van der Waals surface area contributed by atoms with E-state index in [1.807, 2.05) is 19.1 Å². The maximum atomic E-state index is 11.0. The van der Waals surface area contributed by atoms with Gasteiger partial charge in [0.15, 0.2) is 0 Å². The van der Waals surface area contributed by atoms with Crippen LogP contribution in [-0.2, 0) is 4.79 Å². The zero-order valence-corrected chi connectivity index (χ0v) is 8.73. The molecule has 0 saturated heterocycles. The molecule has 72 valence electrons. The van der Waals surface area contributed by atoms with Gasteiger partial charge >= 0.3 is 0 Å². The summed E-state index contributed by atoms with van der Waals surface area (Å²) in [5, 5.41) is 9.42. The second kappa shape index (κ2) is 4.01. The largest absolute Gasteiger partial charge is 0.510 e. The summed E-state index contributed by atoms with van der Waals surface area (Å²) in [5.74, 6) is 0.162. The molecule has 0 bridgehead atoms. The lowest BCUT2D eigenvalue weighted by molar-refractivity contribution is -0.106. The molecule has 1 heterocycles. The number of unbranched alkanes of at least 4 members (excludes halogenated alkanes) is 1. The molecule has 3 heteroatoms. The summed E-state index contributed by atoms with van der Waals surface area (Å²) in [4.78, 5) is 11.0. The molecule has 0 aromatic heterocycles. The van der Waals surface area contributed by atoms with Crippen LogP contribution in [0.25, 0.3) is 0 Å². The van der Waals surface area contributed by atoms with E-state index in [1.54, 1.807) is 0 Å². The minimum absolute atomic E-state index is 0.0684. The molecule has 0 unspecified atom stereocenters. The van der Waals surface area contributed by atoms with E-state index in [9.17, 15) is 9.90 Å². The number of rotatable bonds is 3. The first-order valence-electron chi connectivity index (χ1n) is 4.40. The zero-order valence-electron chi connectivity index (χ0n) is 7.91. The molecule has 13 heavy (non-hydrogen) atoms. The maximum absolute atomic E-state index is 11.0. The van der Waals surface area contributed by atoms with Gasteiger partial charge in [0.2, 0.25) is 5.12 Å². The van der Waals surface area contributed by atoms with Gasteiger partial charge in [-0.3, -0.25) is 4.79 Å². The van der Waals surface area contributed by atoms with Gasteiger partial charge in [-0.1, -0.05) is 37.3 Å². The average molecular weight is 198 g/mol. The van der Waals surface area contributed by atoms with Gasteiger partial charge in [0.25, 0.3) is 0 Å². The Labute approximate surface area is 82.7 Å². The number of thioether (sulfide) groups is 1. The quantitative estimate of drug-likeness (QED) is 0.708. The van der Waals surface area contributed by atoms with Gasteiger partial charge in [-0.2, -0.15) is 0 Å². The number of allylic oxidation sites excluding steroid dienone is 1. The minimum Gasteiger partial charge on any atom is -0.510 e. The van der Waals surface area contributed by atoms with Crippen molar-refractivity contribution in [2.45, 2.75) is 31.4 Å². The highest BCUT2D eigenvalue weighted by Crippen LogP contribution is 2.39. The Balaban J connectivity index is 2.68. The van der Waals surface area contributed by atoms with Crippen LogP contribution in [0.4, 0.5) is 0 Å². The fourth-order valence-corrected chi connectivity index (χ4v) is 2.06. The fraction of sp³-hybridized carbons (Fsp3) is 0.500. The Hall–Kier alpha value is -0.700. The van der Waals surface area contributed by atoms with E-state index in [-0.39, 0.29) is 10.9 Å². The third-order valence-corrected chi connectivity index (χ3v) is 3.06. The van der Waals surface area contributed by atoms with Crippen LogP contribution < -0.4 is 0 Å². The first-order valence-corrected chi connectivity index (χ1v) is 5.22. The molecule has 0 spiro atoms. The first-order chi connectivity index (χ1) is 6.08. The minimum atomic E-state index is -0.522. The molecule has 1 aliphatic heterocycles. The molecular formula is C10H14O2S. The van der Waals surface area contributed by atoms with Crippen molar-refractivity contribution in [3.63, 3.8) is 0 Å². The molecule has 0 aliphatic carbocycles. The lowest BCUT2D eigenvalue weighted by atomic mass is 10.1. The predicted molar refractivity (Wildman–Crippen MR) is 55.8 cm³/mol. The molecule has 1 rings (SSSR count). The van der Waals surface area contributed by atoms with Gasteiger partial charge in [-0.25, -0.2) is 0 Å². The first kappa shape index (κ1) is 10.4. The Kier molecular flexibility index (Phi) is 3.20. The second-order valence-corrected chi connectivity index (χ2v) is 4.70.